The third-order valence-electron chi connectivity index (χ3n) is 6.77. The van der Waals surface area contributed by atoms with Crippen molar-refractivity contribution < 1.29 is 21.9 Å². The van der Waals surface area contributed by atoms with Crippen molar-refractivity contribution in [2.45, 2.75) is 62.2 Å². The minimum atomic E-state index is -4.35. The molecule has 0 saturated heterocycles. The molecule has 2 aliphatic rings. The number of likely N-dealkylation sites (N-methyl/N-ethyl adjacent to an activating group) is 1. The number of hydrogen-bond donors (Lipinski definition) is 3. The van der Waals surface area contributed by atoms with Crippen LogP contribution in [0.3, 0.4) is 0 Å². The molecular weight excluding hydrogens is 425 g/mol. The second-order valence-electron chi connectivity index (χ2n) is 8.80. The van der Waals surface area contributed by atoms with Crippen LogP contribution >= 0.6 is 0 Å². The van der Waals surface area contributed by atoms with Crippen LogP contribution in [-0.2, 0) is 36.7 Å². The van der Waals surface area contributed by atoms with Crippen molar-refractivity contribution in [3.8, 4) is 0 Å². The number of fused-ring (bicyclic) bond motifs is 1. The third kappa shape index (κ3) is 4.87. The Labute approximate surface area is 183 Å². The van der Waals surface area contributed by atoms with Gasteiger partial charge in [-0.15, -0.1) is 0 Å². The van der Waals surface area contributed by atoms with Gasteiger partial charge in [0.1, 0.15) is 0 Å². The van der Waals surface area contributed by atoms with Crippen LogP contribution in [0.5, 0.6) is 0 Å². The van der Waals surface area contributed by atoms with E-state index in [0.29, 0.717) is 18.4 Å². The first kappa shape index (κ1) is 22.5. The van der Waals surface area contributed by atoms with Gasteiger partial charge in [0.2, 0.25) is 11.3 Å². The van der Waals surface area contributed by atoms with Gasteiger partial charge >= 0.3 is 6.18 Å². The van der Waals surface area contributed by atoms with Gasteiger partial charge in [0.05, 0.1) is 5.56 Å². The van der Waals surface area contributed by atoms with E-state index in [9.17, 15) is 21.9 Å². The minimum Gasteiger partial charge on any atom is -0.316 e. The number of rotatable bonds is 7. The molecule has 0 radical (unpaired) electrons. The standard InChI is InChI=1S/C23H27F3N2O2S/c1-27-21-13-17-7-6-16(14-22(8-3-9-22)28-31(29)30)12-19(17)20(21)11-15-4-2-5-18(10-15)23(24,25)26/h2,4-7,10,12,20-21,27-28H,3,8-9,11,13-14H2,1H3,(H,29,30). The Morgan fingerprint density at radius 3 is 2.55 bits per heavy atom. The average molecular weight is 453 g/mol. The summed E-state index contributed by atoms with van der Waals surface area (Å²) in [5.41, 5.74) is 3.15. The van der Waals surface area contributed by atoms with Crippen molar-refractivity contribution >= 4 is 11.3 Å². The summed E-state index contributed by atoms with van der Waals surface area (Å²) >= 11 is -2.06. The van der Waals surface area contributed by atoms with Crippen molar-refractivity contribution in [3.63, 3.8) is 0 Å². The lowest BCUT2D eigenvalue weighted by Gasteiger charge is -2.41. The third-order valence-corrected chi connectivity index (χ3v) is 7.38. The van der Waals surface area contributed by atoms with Crippen molar-refractivity contribution in [2.75, 3.05) is 7.05 Å². The largest absolute Gasteiger partial charge is 0.416 e. The Bertz CT molecular complexity index is 976. The molecule has 0 spiro atoms. The molecule has 3 atom stereocenters. The summed E-state index contributed by atoms with van der Waals surface area (Å²) in [4.78, 5) is 0. The lowest BCUT2D eigenvalue weighted by molar-refractivity contribution is -0.137. The predicted molar refractivity (Wildman–Crippen MR) is 115 cm³/mol. The molecule has 1 fully saturated rings. The molecule has 0 bridgehead atoms. The molecule has 168 valence electrons. The zero-order valence-corrected chi connectivity index (χ0v) is 18.2. The van der Waals surface area contributed by atoms with Gasteiger partial charge in [-0.3, -0.25) is 4.55 Å². The maximum absolute atomic E-state index is 13.1. The van der Waals surface area contributed by atoms with Crippen molar-refractivity contribution in [1.82, 2.24) is 10.0 Å². The Morgan fingerprint density at radius 1 is 1.16 bits per heavy atom. The molecule has 2 aliphatic carbocycles. The van der Waals surface area contributed by atoms with Crippen LogP contribution in [0.15, 0.2) is 42.5 Å². The van der Waals surface area contributed by atoms with E-state index in [2.05, 4.69) is 28.2 Å². The maximum Gasteiger partial charge on any atom is 0.416 e. The van der Waals surface area contributed by atoms with Crippen LogP contribution in [0.25, 0.3) is 0 Å². The van der Waals surface area contributed by atoms with Crippen LogP contribution in [-0.4, -0.2) is 27.4 Å². The van der Waals surface area contributed by atoms with Crippen LogP contribution < -0.4 is 10.0 Å². The molecule has 0 amide bonds. The Morgan fingerprint density at radius 2 is 1.94 bits per heavy atom. The van der Waals surface area contributed by atoms with Crippen LogP contribution in [0, 0.1) is 0 Å². The molecule has 4 nitrogen and oxygen atoms in total. The molecule has 3 unspecified atom stereocenters. The van der Waals surface area contributed by atoms with Gasteiger partial charge in [0.25, 0.3) is 0 Å². The second kappa shape index (κ2) is 8.65. The summed E-state index contributed by atoms with van der Waals surface area (Å²) < 4.78 is 62.9. The minimum absolute atomic E-state index is 0.0701. The van der Waals surface area contributed by atoms with E-state index in [1.165, 1.54) is 17.7 Å². The Balaban J connectivity index is 1.59. The first-order valence-electron chi connectivity index (χ1n) is 10.5. The molecule has 2 aromatic carbocycles. The van der Waals surface area contributed by atoms with Gasteiger partial charge in [-0.1, -0.05) is 36.4 Å². The summed E-state index contributed by atoms with van der Waals surface area (Å²) in [5.74, 6) is 0.0701. The van der Waals surface area contributed by atoms with Crippen molar-refractivity contribution in [3.05, 3.63) is 70.3 Å². The van der Waals surface area contributed by atoms with Crippen molar-refractivity contribution in [1.29, 1.82) is 0 Å². The highest BCUT2D eigenvalue weighted by molar-refractivity contribution is 7.77. The zero-order valence-electron chi connectivity index (χ0n) is 17.3. The zero-order chi connectivity index (χ0) is 22.2. The van der Waals surface area contributed by atoms with E-state index in [1.54, 1.807) is 6.07 Å². The Hall–Kier alpha value is -1.74. The van der Waals surface area contributed by atoms with Gasteiger partial charge in [-0.25, -0.2) is 8.93 Å². The topological polar surface area (TPSA) is 61.4 Å². The van der Waals surface area contributed by atoms with Gasteiger partial charge in [-0.2, -0.15) is 13.2 Å². The Kier molecular flexibility index (Phi) is 6.27. The summed E-state index contributed by atoms with van der Waals surface area (Å²) in [6.07, 6.45) is 0.389. The number of nitrogens with one attached hydrogen (secondary N) is 2. The quantitative estimate of drug-likeness (QED) is 0.547. The van der Waals surface area contributed by atoms with E-state index in [4.69, 9.17) is 0 Å². The highest BCUT2D eigenvalue weighted by Crippen LogP contribution is 2.40. The fraction of sp³-hybridized carbons (Fsp3) is 0.478. The summed E-state index contributed by atoms with van der Waals surface area (Å²) in [5, 5.41) is 3.33. The molecule has 31 heavy (non-hydrogen) atoms. The number of hydrogen-bond acceptors (Lipinski definition) is 2. The molecule has 4 rings (SSSR count). The summed E-state index contributed by atoms with van der Waals surface area (Å²) in [7, 11) is 1.89. The van der Waals surface area contributed by atoms with Gasteiger partial charge < -0.3 is 5.32 Å². The van der Waals surface area contributed by atoms with Crippen LogP contribution in [0.1, 0.15) is 53.0 Å². The molecule has 8 heteroatoms. The molecule has 3 N–H and O–H groups in total. The summed E-state index contributed by atoms with van der Waals surface area (Å²) in [6, 6.07) is 12.1. The molecule has 0 heterocycles. The van der Waals surface area contributed by atoms with Gasteiger partial charge in [-0.05, 0) is 73.9 Å². The number of halogens is 3. The molecule has 0 aliphatic heterocycles. The smallest absolute Gasteiger partial charge is 0.316 e. The van der Waals surface area contributed by atoms with E-state index in [-0.39, 0.29) is 17.5 Å². The molecule has 1 saturated carbocycles. The molecule has 0 aromatic heterocycles. The maximum atomic E-state index is 13.1. The molecule has 2 aromatic rings. The van der Waals surface area contributed by atoms with E-state index in [0.717, 1.165) is 42.9 Å². The number of benzene rings is 2. The van der Waals surface area contributed by atoms with Crippen LogP contribution in [0.4, 0.5) is 13.2 Å². The predicted octanol–water partition coefficient (Wildman–Crippen LogP) is 4.37. The van der Waals surface area contributed by atoms with Gasteiger partial charge in [0.15, 0.2) is 0 Å². The highest BCUT2D eigenvalue weighted by Gasteiger charge is 2.39. The monoisotopic (exact) mass is 452 g/mol. The first-order chi connectivity index (χ1) is 14.7. The summed E-state index contributed by atoms with van der Waals surface area (Å²) in [6.45, 7) is 0. The first-order valence-corrected chi connectivity index (χ1v) is 11.6. The van der Waals surface area contributed by atoms with Crippen LogP contribution in [0.2, 0.25) is 0 Å². The van der Waals surface area contributed by atoms with E-state index >= 15 is 0 Å². The SMILES string of the molecule is CNC1Cc2ccc(CC3(NS(=O)O)CCC3)cc2C1Cc1cccc(C(F)(F)F)c1. The normalized spacial score (nSPS) is 23.3. The van der Waals surface area contributed by atoms with E-state index < -0.39 is 23.0 Å². The van der Waals surface area contributed by atoms with Crippen molar-refractivity contribution in [2.24, 2.45) is 0 Å². The fourth-order valence-electron chi connectivity index (χ4n) is 5.06. The average Bonchev–Trinajstić information content (AvgIpc) is 3.02. The van der Waals surface area contributed by atoms with Gasteiger partial charge in [0, 0.05) is 17.5 Å². The number of alkyl halides is 3. The fourth-order valence-corrected chi connectivity index (χ4v) is 5.71. The lowest BCUT2D eigenvalue weighted by Crippen LogP contribution is -2.53. The highest BCUT2D eigenvalue weighted by atomic mass is 32.2. The molecular formula is C23H27F3N2O2S. The second-order valence-corrected chi connectivity index (χ2v) is 9.51. The van der Waals surface area contributed by atoms with E-state index in [1.807, 2.05) is 7.05 Å². The lowest BCUT2D eigenvalue weighted by atomic mass is 9.73.